The average molecular weight is 427 g/mol. The molecular weight excluding hydrogens is 398 g/mol. The fraction of sp³-hybridized carbons (Fsp3) is 0.417. The SMILES string of the molecule is CN(Cc1ccccc1CNC(=O)c1ccc2nc(C(F)F)[nH]c2c1)C1CCCCC1. The summed E-state index contributed by atoms with van der Waals surface area (Å²) < 4.78 is 25.7. The number of amides is 1. The summed E-state index contributed by atoms with van der Waals surface area (Å²) in [6.45, 7) is 1.27. The van der Waals surface area contributed by atoms with E-state index < -0.39 is 6.43 Å². The first-order chi connectivity index (χ1) is 15.0. The number of aromatic nitrogens is 2. The summed E-state index contributed by atoms with van der Waals surface area (Å²) in [6, 6.07) is 13.5. The van der Waals surface area contributed by atoms with Gasteiger partial charge in [0, 0.05) is 24.7 Å². The first-order valence-electron chi connectivity index (χ1n) is 10.8. The Morgan fingerprint density at radius 2 is 1.90 bits per heavy atom. The van der Waals surface area contributed by atoms with Gasteiger partial charge in [-0.05, 0) is 49.2 Å². The molecule has 1 heterocycles. The van der Waals surface area contributed by atoms with Gasteiger partial charge in [-0.15, -0.1) is 0 Å². The smallest absolute Gasteiger partial charge is 0.295 e. The van der Waals surface area contributed by atoms with Gasteiger partial charge in [-0.1, -0.05) is 43.5 Å². The highest BCUT2D eigenvalue weighted by Gasteiger charge is 2.19. The number of benzene rings is 2. The zero-order valence-corrected chi connectivity index (χ0v) is 17.7. The Morgan fingerprint density at radius 1 is 1.16 bits per heavy atom. The first-order valence-corrected chi connectivity index (χ1v) is 10.8. The van der Waals surface area contributed by atoms with Crippen LogP contribution in [-0.2, 0) is 13.1 Å². The summed E-state index contributed by atoms with van der Waals surface area (Å²) in [5, 5.41) is 2.96. The van der Waals surface area contributed by atoms with Gasteiger partial charge in [0.05, 0.1) is 11.0 Å². The van der Waals surface area contributed by atoms with E-state index in [9.17, 15) is 13.6 Å². The van der Waals surface area contributed by atoms with Crippen LogP contribution in [0.5, 0.6) is 0 Å². The molecule has 4 rings (SSSR count). The average Bonchev–Trinajstić information content (AvgIpc) is 3.23. The molecule has 0 saturated heterocycles. The van der Waals surface area contributed by atoms with Crippen LogP contribution < -0.4 is 5.32 Å². The number of alkyl halides is 2. The molecule has 0 atom stereocenters. The van der Waals surface area contributed by atoms with Crippen LogP contribution in [0.1, 0.15) is 65.8 Å². The standard InChI is InChI=1S/C24H28F2N4O/c1-30(19-9-3-2-4-10-19)15-18-8-6-5-7-17(18)14-27-24(31)16-11-12-20-21(13-16)29-23(28-20)22(25)26/h5-8,11-13,19,22H,2-4,9-10,14-15H2,1H3,(H,27,31)(H,28,29). The summed E-state index contributed by atoms with van der Waals surface area (Å²) in [4.78, 5) is 21.5. The van der Waals surface area contributed by atoms with Crippen molar-refractivity contribution in [2.45, 2.75) is 57.7 Å². The summed E-state index contributed by atoms with van der Waals surface area (Å²) in [5.41, 5.74) is 3.55. The lowest BCUT2D eigenvalue weighted by molar-refractivity contribution is 0.0950. The third-order valence-corrected chi connectivity index (χ3v) is 6.14. The lowest BCUT2D eigenvalue weighted by Crippen LogP contribution is -2.33. The van der Waals surface area contributed by atoms with E-state index in [4.69, 9.17) is 0 Å². The molecule has 7 heteroatoms. The van der Waals surface area contributed by atoms with E-state index in [1.807, 2.05) is 18.2 Å². The number of H-pyrrole nitrogens is 1. The largest absolute Gasteiger partial charge is 0.348 e. The molecule has 3 aromatic rings. The number of rotatable bonds is 7. The Kier molecular flexibility index (Phi) is 6.61. The molecule has 0 aliphatic heterocycles. The number of carbonyl (C=O) groups excluding carboxylic acids is 1. The lowest BCUT2D eigenvalue weighted by atomic mass is 9.94. The molecular formula is C24H28F2N4O. The quantitative estimate of drug-likeness (QED) is 0.546. The molecule has 0 bridgehead atoms. The Morgan fingerprint density at radius 3 is 2.65 bits per heavy atom. The van der Waals surface area contributed by atoms with Crippen LogP contribution in [0.3, 0.4) is 0 Å². The minimum atomic E-state index is -2.67. The molecule has 0 unspecified atom stereocenters. The van der Waals surface area contributed by atoms with E-state index >= 15 is 0 Å². The third-order valence-electron chi connectivity index (χ3n) is 6.14. The number of nitrogens with one attached hydrogen (secondary N) is 2. The van der Waals surface area contributed by atoms with Crippen LogP contribution in [-0.4, -0.2) is 33.9 Å². The number of carbonyl (C=O) groups is 1. The second-order valence-corrected chi connectivity index (χ2v) is 8.31. The number of hydrogen-bond donors (Lipinski definition) is 2. The zero-order valence-electron chi connectivity index (χ0n) is 17.7. The van der Waals surface area contributed by atoms with E-state index in [1.165, 1.54) is 37.7 Å². The van der Waals surface area contributed by atoms with Gasteiger partial charge in [0.2, 0.25) is 0 Å². The summed E-state index contributed by atoms with van der Waals surface area (Å²) in [5.74, 6) is -0.630. The predicted molar refractivity (Wildman–Crippen MR) is 117 cm³/mol. The number of imidazole rings is 1. The number of aromatic amines is 1. The van der Waals surface area contributed by atoms with Crippen LogP contribution in [0.15, 0.2) is 42.5 Å². The molecule has 164 valence electrons. The van der Waals surface area contributed by atoms with Crippen LogP contribution in [0.2, 0.25) is 0 Å². The number of hydrogen-bond acceptors (Lipinski definition) is 3. The van der Waals surface area contributed by atoms with Gasteiger partial charge in [-0.25, -0.2) is 13.8 Å². The van der Waals surface area contributed by atoms with Crippen molar-refractivity contribution in [2.75, 3.05) is 7.05 Å². The summed E-state index contributed by atoms with van der Waals surface area (Å²) in [7, 11) is 2.18. The van der Waals surface area contributed by atoms with Crippen LogP contribution in [0, 0.1) is 0 Å². The van der Waals surface area contributed by atoms with Gasteiger partial charge in [0.15, 0.2) is 5.82 Å². The van der Waals surface area contributed by atoms with Crippen molar-refractivity contribution in [3.05, 3.63) is 65.0 Å². The van der Waals surface area contributed by atoms with Crippen molar-refractivity contribution in [1.82, 2.24) is 20.2 Å². The van der Waals surface area contributed by atoms with Crippen molar-refractivity contribution < 1.29 is 13.6 Å². The Hall–Kier alpha value is -2.80. The predicted octanol–water partition coefficient (Wildman–Crippen LogP) is 5.20. The normalized spacial score (nSPS) is 15.1. The van der Waals surface area contributed by atoms with Crippen LogP contribution in [0.4, 0.5) is 8.78 Å². The molecule has 31 heavy (non-hydrogen) atoms. The van der Waals surface area contributed by atoms with E-state index in [-0.39, 0.29) is 11.7 Å². The van der Waals surface area contributed by atoms with Gasteiger partial charge < -0.3 is 10.3 Å². The van der Waals surface area contributed by atoms with Gasteiger partial charge in [-0.2, -0.15) is 0 Å². The van der Waals surface area contributed by atoms with E-state index in [0.29, 0.717) is 29.2 Å². The van der Waals surface area contributed by atoms with Crippen LogP contribution >= 0.6 is 0 Å². The van der Waals surface area contributed by atoms with Crippen molar-refractivity contribution in [3.8, 4) is 0 Å². The molecule has 0 radical (unpaired) electrons. The van der Waals surface area contributed by atoms with E-state index in [0.717, 1.165) is 12.1 Å². The monoisotopic (exact) mass is 426 g/mol. The first kappa shape index (κ1) is 21.4. The maximum atomic E-state index is 12.8. The second kappa shape index (κ2) is 9.56. The molecule has 1 amide bonds. The van der Waals surface area contributed by atoms with Crippen molar-refractivity contribution in [3.63, 3.8) is 0 Å². The summed E-state index contributed by atoms with van der Waals surface area (Å²) in [6.07, 6.45) is 3.75. The Bertz CT molecular complexity index is 1040. The maximum Gasteiger partial charge on any atom is 0.295 e. The number of nitrogens with zero attached hydrogens (tertiary/aromatic N) is 2. The Balaban J connectivity index is 1.42. The zero-order chi connectivity index (χ0) is 21.8. The molecule has 2 aromatic carbocycles. The van der Waals surface area contributed by atoms with Gasteiger partial charge in [0.1, 0.15) is 0 Å². The lowest BCUT2D eigenvalue weighted by Gasteiger charge is -2.31. The third kappa shape index (κ3) is 5.10. The summed E-state index contributed by atoms with van der Waals surface area (Å²) >= 11 is 0. The highest BCUT2D eigenvalue weighted by atomic mass is 19.3. The van der Waals surface area contributed by atoms with Crippen molar-refractivity contribution >= 4 is 16.9 Å². The van der Waals surface area contributed by atoms with Crippen LogP contribution in [0.25, 0.3) is 11.0 Å². The molecule has 1 saturated carbocycles. The van der Waals surface area contributed by atoms with Crippen molar-refractivity contribution in [2.24, 2.45) is 0 Å². The highest BCUT2D eigenvalue weighted by molar-refractivity contribution is 5.97. The minimum Gasteiger partial charge on any atom is -0.348 e. The fourth-order valence-electron chi connectivity index (χ4n) is 4.36. The molecule has 1 aliphatic carbocycles. The van der Waals surface area contributed by atoms with E-state index in [1.54, 1.807) is 18.2 Å². The molecule has 5 nitrogen and oxygen atoms in total. The number of fused-ring (bicyclic) bond motifs is 1. The Labute approximate surface area is 180 Å². The molecule has 2 N–H and O–H groups in total. The molecule has 1 aromatic heterocycles. The molecule has 1 fully saturated rings. The second-order valence-electron chi connectivity index (χ2n) is 8.31. The minimum absolute atomic E-state index is 0.245. The fourth-order valence-corrected chi connectivity index (χ4v) is 4.36. The molecule has 1 aliphatic rings. The van der Waals surface area contributed by atoms with Gasteiger partial charge in [0.25, 0.3) is 12.3 Å². The number of halogens is 2. The van der Waals surface area contributed by atoms with E-state index in [2.05, 4.69) is 33.3 Å². The maximum absolute atomic E-state index is 12.8. The van der Waals surface area contributed by atoms with Crippen molar-refractivity contribution in [1.29, 1.82) is 0 Å². The molecule has 0 spiro atoms. The topological polar surface area (TPSA) is 61.0 Å². The highest BCUT2D eigenvalue weighted by Crippen LogP contribution is 2.24. The van der Waals surface area contributed by atoms with Gasteiger partial charge >= 0.3 is 0 Å². The van der Waals surface area contributed by atoms with Gasteiger partial charge in [-0.3, -0.25) is 9.69 Å².